The van der Waals surface area contributed by atoms with Crippen molar-refractivity contribution in [2.24, 2.45) is 0 Å². The lowest BCUT2D eigenvalue weighted by atomic mass is 10.2. The summed E-state index contributed by atoms with van der Waals surface area (Å²) in [5.41, 5.74) is -6.11. The van der Waals surface area contributed by atoms with Crippen LogP contribution in [0.15, 0.2) is 0 Å². The van der Waals surface area contributed by atoms with Crippen LogP contribution in [0.1, 0.15) is 19.3 Å². The Morgan fingerprint density at radius 3 is 1.73 bits per heavy atom. The highest BCUT2D eigenvalue weighted by molar-refractivity contribution is 8.11. The monoisotopic (exact) mass is 394 g/mol. The number of nitrogens with one attached hydrogen (secondary N) is 1. The van der Waals surface area contributed by atoms with E-state index >= 15 is 0 Å². The van der Waals surface area contributed by atoms with E-state index in [1.165, 1.54) is 0 Å². The van der Waals surface area contributed by atoms with Gasteiger partial charge in [-0.05, 0) is 12.8 Å². The van der Waals surface area contributed by atoms with Crippen LogP contribution in [-0.2, 0) is 31.0 Å². The molecule has 22 heavy (non-hydrogen) atoms. The van der Waals surface area contributed by atoms with E-state index in [0.29, 0.717) is 23.6 Å². The summed E-state index contributed by atoms with van der Waals surface area (Å²) in [6, 6.07) is 0. The van der Waals surface area contributed by atoms with Crippen molar-refractivity contribution in [3.8, 4) is 0 Å². The molecule has 0 radical (unpaired) electrons. The van der Waals surface area contributed by atoms with Gasteiger partial charge in [-0.3, -0.25) is 0 Å². The summed E-state index contributed by atoms with van der Waals surface area (Å²) in [7, 11) is -16.5. The van der Waals surface area contributed by atoms with Crippen molar-refractivity contribution in [3.05, 3.63) is 0 Å². The first-order chi connectivity index (χ1) is 9.72. The molecule has 1 rings (SSSR count). The molecule has 1 fully saturated rings. The van der Waals surface area contributed by atoms with Crippen LogP contribution in [0.25, 0.3) is 0 Å². The molecule has 132 valence electrons. The molecular weight excluding hydrogens is 383 g/mol. The molecule has 1 N–H and O–H groups in total. The van der Waals surface area contributed by atoms with Gasteiger partial charge in [-0.2, -0.15) is 22.0 Å². The van der Waals surface area contributed by atoms with E-state index < -0.39 is 41.1 Å². The van der Waals surface area contributed by atoms with Crippen molar-refractivity contribution in [1.29, 1.82) is 0 Å². The van der Waals surface area contributed by atoms with Crippen molar-refractivity contribution >= 4 is 31.0 Å². The molecule has 15 heteroatoms. The summed E-state index contributed by atoms with van der Waals surface area (Å²) in [5, 5.41) is 0. The zero-order chi connectivity index (χ0) is 17.4. The molecule has 7 nitrogen and oxygen atoms in total. The second-order valence-corrected chi connectivity index (χ2v) is 9.68. The zero-order valence-electron chi connectivity index (χ0n) is 10.6. The van der Waals surface area contributed by atoms with Crippen LogP contribution in [0, 0.1) is 0 Å². The van der Waals surface area contributed by atoms with Crippen LogP contribution in [-0.4, -0.2) is 48.5 Å². The van der Waals surface area contributed by atoms with Crippen molar-refractivity contribution < 1.29 is 43.0 Å². The number of nitrogens with zero attached hydrogens (tertiary/aromatic N) is 1. The normalized spacial score (nSPS) is 20.8. The average Bonchev–Trinajstić information content (AvgIpc) is 2.36. The minimum atomic E-state index is -6.57. The second-order valence-electron chi connectivity index (χ2n) is 4.24. The molecule has 1 aliphatic heterocycles. The second kappa shape index (κ2) is 6.26. The van der Waals surface area contributed by atoms with Crippen LogP contribution in [0.2, 0.25) is 0 Å². The minimum absolute atomic E-state index is 0.117. The molecule has 1 aliphatic rings. The predicted molar refractivity (Wildman–Crippen MR) is 65.5 cm³/mol. The van der Waals surface area contributed by atoms with Crippen LogP contribution in [0.3, 0.4) is 0 Å². The number of rotatable bonds is 5. The van der Waals surface area contributed by atoms with Crippen molar-refractivity contribution in [1.82, 2.24) is 8.43 Å². The maximum atomic E-state index is 13.7. The third-order valence-electron chi connectivity index (χ3n) is 2.59. The van der Waals surface area contributed by atoms with E-state index in [9.17, 15) is 43.0 Å². The molecule has 1 atom stereocenters. The first-order valence-corrected chi connectivity index (χ1v) is 9.69. The Morgan fingerprint density at radius 1 is 0.864 bits per heavy atom. The van der Waals surface area contributed by atoms with Gasteiger partial charge in [0.15, 0.2) is 11.0 Å². The maximum Gasteiger partial charge on any atom is 0.512 e. The van der Waals surface area contributed by atoms with E-state index in [0.717, 1.165) is 0 Å². The van der Waals surface area contributed by atoms with E-state index in [-0.39, 0.29) is 17.2 Å². The number of hydrogen-bond acceptors (Lipinski definition) is 5. The van der Waals surface area contributed by atoms with Crippen molar-refractivity contribution in [3.63, 3.8) is 0 Å². The lowest BCUT2D eigenvalue weighted by Gasteiger charge is -2.28. The van der Waals surface area contributed by atoms with Gasteiger partial charge in [-0.15, -0.1) is 0 Å². The van der Waals surface area contributed by atoms with Gasteiger partial charge >= 0.3 is 30.1 Å². The molecule has 0 aromatic heterocycles. The van der Waals surface area contributed by atoms with Gasteiger partial charge in [0.1, 0.15) is 0 Å². The standard InChI is InChI=1S/C7H11F5N2O5S3/c8-6(9,10)21(16,17)13-22(18,19)7(11,12)20(15)14-4-2-1-3-5-14/h13H,1-5H2. The number of halogens is 5. The Balaban J connectivity index is 3.07. The van der Waals surface area contributed by atoms with Gasteiger partial charge in [0.05, 0.1) is 0 Å². The molecule has 0 aliphatic carbocycles. The summed E-state index contributed by atoms with van der Waals surface area (Å²) in [6.45, 7) is -0.298. The first-order valence-electron chi connectivity index (χ1n) is 5.61. The fourth-order valence-corrected chi connectivity index (χ4v) is 5.70. The molecule has 1 saturated heterocycles. The third kappa shape index (κ3) is 3.93. The van der Waals surface area contributed by atoms with E-state index in [1.54, 1.807) is 0 Å². The summed E-state index contributed by atoms with van der Waals surface area (Å²) < 4.78 is 114. The first kappa shape index (κ1) is 19.7. The van der Waals surface area contributed by atoms with Gasteiger partial charge in [0, 0.05) is 13.1 Å². The predicted octanol–water partition coefficient (Wildman–Crippen LogP) is 0.455. The van der Waals surface area contributed by atoms with Gasteiger partial charge in [-0.25, -0.2) is 25.3 Å². The van der Waals surface area contributed by atoms with Gasteiger partial charge in [0.25, 0.3) is 0 Å². The summed E-state index contributed by atoms with van der Waals surface area (Å²) >= 11 is 0. The molecule has 0 aromatic carbocycles. The lowest BCUT2D eigenvalue weighted by molar-refractivity contribution is -0.0441. The van der Waals surface area contributed by atoms with Gasteiger partial charge < -0.3 is 0 Å². The van der Waals surface area contributed by atoms with Crippen molar-refractivity contribution in [2.45, 2.75) is 29.4 Å². The number of hydrogen-bond donors (Lipinski definition) is 1. The topological polar surface area (TPSA) is 101 Å². The summed E-state index contributed by atoms with van der Waals surface area (Å²) in [6.07, 6.45) is 1.32. The van der Waals surface area contributed by atoms with Crippen LogP contribution in [0.5, 0.6) is 0 Å². The maximum absolute atomic E-state index is 13.7. The highest BCUT2D eigenvalue weighted by atomic mass is 32.3. The quantitative estimate of drug-likeness (QED) is 0.683. The Labute approximate surface area is 125 Å². The molecule has 0 bridgehead atoms. The van der Waals surface area contributed by atoms with Crippen LogP contribution in [0.4, 0.5) is 22.0 Å². The highest BCUT2D eigenvalue weighted by Gasteiger charge is 2.59. The smallest absolute Gasteiger partial charge is 0.235 e. The number of alkyl halides is 5. The Kier molecular flexibility index (Phi) is 5.59. The molecule has 0 aromatic rings. The summed E-state index contributed by atoms with van der Waals surface area (Å²) in [5.74, 6) is 0. The van der Waals surface area contributed by atoms with E-state index in [1.807, 2.05) is 0 Å². The molecular formula is C7H11F5N2O5S3. The SMILES string of the molecule is O=S(N1CCCCC1)C(F)(F)S(=O)(=O)NS(=O)(=O)C(F)(F)F. The van der Waals surface area contributed by atoms with Gasteiger partial charge in [0.2, 0.25) is 0 Å². The third-order valence-corrected chi connectivity index (χ3v) is 7.91. The summed E-state index contributed by atoms with van der Waals surface area (Å²) in [4.78, 5) is 0. The Bertz CT molecular complexity index is 638. The minimum Gasteiger partial charge on any atom is -0.235 e. The van der Waals surface area contributed by atoms with Crippen LogP contribution >= 0.6 is 0 Å². The van der Waals surface area contributed by atoms with E-state index in [2.05, 4.69) is 0 Å². The number of sulfonamides is 2. The van der Waals surface area contributed by atoms with Crippen molar-refractivity contribution in [2.75, 3.05) is 13.1 Å². The fraction of sp³-hybridized carbons (Fsp3) is 1.00. The Hall–Kier alpha value is -0.380. The van der Waals surface area contributed by atoms with Gasteiger partial charge in [-0.1, -0.05) is 10.5 Å². The molecule has 0 saturated carbocycles. The molecule has 1 unspecified atom stereocenters. The fourth-order valence-electron chi connectivity index (χ4n) is 1.52. The average molecular weight is 394 g/mol. The van der Waals surface area contributed by atoms with Crippen LogP contribution < -0.4 is 4.13 Å². The molecule has 0 spiro atoms. The molecule has 1 heterocycles. The lowest BCUT2D eigenvalue weighted by Crippen LogP contribution is -2.52. The largest absolute Gasteiger partial charge is 0.512 e. The van der Waals surface area contributed by atoms with E-state index in [4.69, 9.17) is 0 Å². The zero-order valence-corrected chi connectivity index (χ0v) is 13.1. The highest BCUT2D eigenvalue weighted by Crippen LogP contribution is 2.31. The molecule has 0 amide bonds. The Morgan fingerprint density at radius 2 is 1.32 bits per heavy atom. The number of piperidine rings is 1.